The lowest BCUT2D eigenvalue weighted by atomic mass is 10.1. The third kappa shape index (κ3) is 2.94. The first-order valence-electron chi connectivity index (χ1n) is 3.39. The van der Waals surface area contributed by atoms with Crippen LogP contribution >= 0.6 is 0 Å². The largest absolute Gasteiger partial charge is 0.497 e. The molecule has 0 saturated carbocycles. The molecule has 1 heterocycles. The molecule has 0 N–H and O–H groups in total. The summed E-state index contributed by atoms with van der Waals surface area (Å²) in [5.41, 5.74) is 0. The van der Waals surface area contributed by atoms with Gasteiger partial charge in [-0.1, -0.05) is 0 Å². The molecule has 0 spiro atoms. The van der Waals surface area contributed by atoms with Crippen molar-refractivity contribution < 1.29 is 22.7 Å². The molecular weight excluding hydrogens is 173 g/mol. The molecule has 0 radical (unpaired) electrons. The van der Waals surface area contributed by atoms with Crippen molar-refractivity contribution in [1.82, 2.24) is 0 Å². The van der Waals surface area contributed by atoms with Crippen molar-refractivity contribution in [3.05, 3.63) is 12.3 Å². The number of alkyl halides is 3. The van der Waals surface area contributed by atoms with Crippen molar-refractivity contribution in [3.63, 3.8) is 0 Å². The average molecular weight is 180 g/mol. The van der Waals surface area contributed by atoms with Crippen LogP contribution in [0.4, 0.5) is 13.2 Å². The summed E-state index contributed by atoms with van der Waals surface area (Å²) >= 11 is 0. The van der Waals surface area contributed by atoms with Crippen LogP contribution in [0.1, 0.15) is 12.8 Å². The first-order valence-corrected chi connectivity index (χ1v) is 3.39. The zero-order valence-electron chi connectivity index (χ0n) is 6.10. The third-order valence-electron chi connectivity index (χ3n) is 1.41. The van der Waals surface area contributed by atoms with Crippen molar-refractivity contribution in [2.75, 3.05) is 0 Å². The van der Waals surface area contributed by atoms with E-state index in [1.807, 2.05) is 0 Å². The molecule has 0 aromatic heterocycles. The molecule has 0 amide bonds. The fourth-order valence-corrected chi connectivity index (χ4v) is 0.945. The average Bonchev–Trinajstić information content (AvgIpc) is 1.82. The Labute approximate surface area is 67.0 Å². The maximum absolute atomic E-state index is 11.8. The maximum Gasteiger partial charge on any atom is 0.392 e. The number of carbonyl (C=O) groups is 1. The lowest BCUT2D eigenvalue weighted by Gasteiger charge is -2.19. The minimum absolute atomic E-state index is 0.185. The molecule has 2 nitrogen and oxygen atoms in total. The molecule has 1 atom stereocenters. The van der Waals surface area contributed by atoms with E-state index in [1.54, 1.807) is 0 Å². The molecule has 0 aromatic carbocycles. The second kappa shape index (κ2) is 3.16. The van der Waals surface area contributed by atoms with Gasteiger partial charge >= 0.3 is 6.18 Å². The van der Waals surface area contributed by atoms with Crippen molar-refractivity contribution in [2.24, 2.45) is 0 Å². The fraction of sp³-hybridized carbons (Fsp3) is 0.571. The van der Waals surface area contributed by atoms with E-state index in [1.165, 1.54) is 0 Å². The lowest BCUT2D eigenvalue weighted by Crippen LogP contribution is -2.25. The van der Waals surface area contributed by atoms with E-state index in [0.29, 0.717) is 0 Å². The van der Waals surface area contributed by atoms with Gasteiger partial charge in [-0.3, -0.25) is 4.79 Å². The topological polar surface area (TPSA) is 26.3 Å². The second-order valence-corrected chi connectivity index (χ2v) is 2.55. The van der Waals surface area contributed by atoms with Crippen LogP contribution in [-0.2, 0) is 9.53 Å². The van der Waals surface area contributed by atoms with E-state index < -0.39 is 18.7 Å². The predicted molar refractivity (Wildman–Crippen MR) is 34.3 cm³/mol. The van der Waals surface area contributed by atoms with Gasteiger partial charge in [-0.25, -0.2) is 0 Å². The molecule has 0 aliphatic carbocycles. The predicted octanol–water partition coefficient (Wildman–Crippen LogP) is 1.81. The van der Waals surface area contributed by atoms with E-state index in [0.717, 1.165) is 12.3 Å². The van der Waals surface area contributed by atoms with Gasteiger partial charge in [-0.2, -0.15) is 13.2 Å². The van der Waals surface area contributed by atoms with E-state index in [9.17, 15) is 18.0 Å². The Kier molecular flexibility index (Phi) is 2.40. The monoisotopic (exact) mass is 180 g/mol. The SMILES string of the molecule is O=C1C=COC(CC(F)(F)F)C1. The molecule has 0 fully saturated rings. The van der Waals surface area contributed by atoms with Gasteiger partial charge in [-0.05, 0) is 0 Å². The van der Waals surface area contributed by atoms with Gasteiger partial charge in [-0.15, -0.1) is 0 Å². The van der Waals surface area contributed by atoms with Crippen LogP contribution in [-0.4, -0.2) is 18.1 Å². The van der Waals surface area contributed by atoms with E-state index >= 15 is 0 Å². The number of hydrogen-bond donors (Lipinski definition) is 0. The second-order valence-electron chi connectivity index (χ2n) is 2.55. The zero-order valence-corrected chi connectivity index (χ0v) is 6.10. The standard InChI is InChI=1S/C7H7F3O2/c8-7(9,10)4-6-3-5(11)1-2-12-6/h1-2,6H,3-4H2. The molecular formula is C7H7F3O2. The van der Waals surface area contributed by atoms with E-state index in [2.05, 4.69) is 4.74 Å². The minimum Gasteiger partial charge on any atom is -0.497 e. The van der Waals surface area contributed by atoms with Crippen molar-refractivity contribution in [1.29, 1.82) is 0 Å². The summed E-state index contributed by atoms with van der Waals surface area (Å²) in [5, 5.41) is 0. The summed E-state index contributed by atoms with van der Waals surface area (Å²) in [6.45, 7) is 0. The van der Waals surface area contributed by atoms with Gasteiger partial charge in [0, 0.05) is 12.5 Å². The van der Waals surface area contributed by atoms with Crippen molar-refractivity contribution >= 4 is 5.78 Å². The first kappa shape index (κ1) is 9.09. The lowest BCUT2D eigenvalue weighted by molar-refractivity contribution is -0.157. The highest BCUT2D eigenvalue weighted by atomic mass is 19.4. The molecule has 68 valence electrons. The fourth-order valence-electron chi connectivity index (χ4n) is 0.945. The Morgan fingerprint density at radius 3 is 2.75 bits per heavy atom. The van der Waals surface area contributed by atoms with Crippen LogP contribution in [0, 0.1) is 0 Å². The quantitative estimate of drug-likeness (QED) is 0.615. The van der Waals surface area contributed by atoms with Gasteiger partial charge in [0.05, 0.1) is 12.7 Å². The van der Waals surface area contributed by atoms with Crippen LogP contribution in [0.25, 0.3) is 0 Å². The Bertz CT molecular complexity index is 207. The molecule has 0 aromatic rings. The van der Waals surface area contributed by atoms with Crippen LogP contribution in [0.3, 0.4) is 0 Å². The number of rotatable bonds is 1. The van der Waals surface area contributed by atoms with Gasteiger partial charge < -0.3 is 4.74 Å². The number of carbonyl (C=O) groups excluding carboxylic acids is 1. The van der Waals surface area contributed by atoms with Crippen LogP contribution in [0.2, 0.25) is 0 Å². The molecule has 0 saturated heterocycles. The number of allylic oxidation sites excluding steroid dienone is 1. The Hall–Kier alpha value is -1.00. The van der Waals surface area contributed by atoms with Crippen LogP contribution in [0.15, 0.2) is 12.3 Å². The van der Waals surface area contributed by atoms with Gasteiger partial charge in [0.1, 0.15) is 6.10 Å². The van der Waals surface area contributed by atoms with Crippen molar-refractivity contribution in [3.8, 4) is 0 Å². The minimum atomic E-state index is -4.27. The number of hydrogen-bond acceptors (Lipinski definition) is 2. The Morgan fingerprint density at radius 1 is 1.58 bits per heavy atom. The highest BCUT2D eigenvalue weighted by Crippen LogP contribution is 2.25. The molecule has 12 heavy (non-hydrogen) atoms. The number of ketones is 1. The summed E-state index contributed by atoms with van der Waals surface area (Å²) in [6.07, 6.45) is -4.41. The molecule has 1 aliphatic rings. The maximum atomic E-state index is 11.8. The Balaban J connectivity index is 2.45. The van der Waals surface area contributed by atoms with E-state index in [-0.39, 0.29) is 12.2 Å². The smallest absolute Gasteiger partial charge is 0.392 e. The summed E-state index contributed by atoms with van der Waals surface area (Å²) in [4.78, 5) is 10.6. The first-order chi connectivity index (χ1) is 5.47. The summed E-state index contributed by atoms with van der Waals surface area (Å²) in [5.74, 6) is -0.324. The summed E-state index contributed by atoms with van der Waals surface area (Å²) in [7, 11) is 0. The van der Waals surface area contributed by atoms with Gasteiger partial charge in [0.15, 0.2) is 5.78 Å². The summed E-state index contributed by atoms with van der Waals surface area (Å²) < 4.78 is 39.9. The molecule has 1 aliphatic heterocycles. The van der Waals surface area contributed by atoms with Crippen LogP contribution in [0.5, 0.6) is 0 Å². The summed E-state index contributed by atoms with van der Waals surface area (Å²) in [6, 6.07) is 0. The highest BCUT2D eigenvalue weighted by molar-refractivity contribution is 5.90. The third-order valence-corrected chi connectivity index (χ3v) is 1.41. The molecule has 1 unspecified atom stereocenters. The number of halogens is 3. The van der Waals surface area contributed by atoms with Gasteiger partial charge in [0.2, 0.25) is 0 Å². The van der Waals surface area contributed by atoms with Crippen LogP contribution < -0.4 is 0 Å². The number of ether oxygens (including phenoxy) is 1. The van der Waals surface area contributed by atoms with Gasteiger partial charge in [0.25, 0.3) is 0 Å². The Morgan fingerprint density at radius 2 is 2.25 bits per heavy atom. The van der Waals surface area contributed by atoms with Crippen molar-refractivity contribution in [2.45, 2.75) is 25.1 Å². The van der Waals surface area contributed by atoms with E-state index in [4.69, 9.17) is 0 Å². The zero-order chi connectivity index (χ0) is 9.19. The molecule has 0 bridgehead atoms. The molecule has 5 heteroatoms. The highest BCUT2D eigenvalue weighted by Gasteiger charge is 2.34. The molecule has 1 rings (SSSR count). The normalized spacial score (nSPS) is 23.9.